The molecule has 8 nitrogen and oxygen atoms in total. The smallest absolute Gasteiger partial charge is 0.191 e. The van der Waals surface area contributed by atoms with Crippen molar-refractivity contribution in [3.63, 3.8) is 0 Å². The van der Waals surface area contributed by atoms with E-state index in [1.165, 1.54) is 6.33 Å². The van der Waals surface area contributed by atoms with Crippen molar-refractivity contribution in [2.45, 2.75) is 33.2 Å². The number of benzene rings is 1. The molecule has 2 aromatic rings. The number of hydrogen-bond donors (Lipinski definition) is 2. The number of aliphatic imine (C=N–C) groups is 1. The van der Waals surface area contributed by atoms with Crippen LogP contribution in [0.15, 0.2) is 41.9 Å². The highest BCUT2D eigenvalue weighted by Crippen LogP contribution is 2.08. The molecule has 0 aliphatic heterocycles. The third-order valence-corrected chi connectivity index (χ3v) is 3.94. The van der Waals surface area contributed by atoms with Crippen molar-refractivity contribution in [2.75, 3.05) is 39.5 Å². The summed E-state index contributed by atoms with van der Waals surface area (Å²) in [6, 6.07) is 8.12. The molecule has 162 valence electrons. The number of unbranched alkanes of at least 4 members (excludes halogenated alkanes) is 1. The number of hydrogen-bond acceptors (Lipinski definition) is 5. The summed E-state index contributed by atoms with van der Waals surface area (Å²) >= 11 is 0. The van der Waals surface area contributed by atoms with Crippen molar-refractivity contribution in [1.82, 2.24) is 25.4 Å². The molecule has 0 amide bonds. The fourth-order valence-corrected chi connectivity index (χ4v) is 2.42. The number of aromatic nitrogens is 3. The predicted octanol–water partition coefficient (Wildman–Crippen LogP) is 2.77. The summed E-state index contributed by atoms with van der Waals surface area (Å²) in [6.45, 7) is 9.02. The van der Waals surface area contributed by atoms with Gasteiger partial charge in [0.25, 0.3) is 0 Å². The van der Waals surface area contributed by atoms with Crippen molar-refractivity contribution in [3.8, 4) is 5.69 Å². The lowest BCUT2D eigenvalue weighted by Gasteiger charge is -2.12. The molecule has 0 saturated heterocycles. The summed E-state index contributed by atoms with van der Waals surface area (Å²) in [5.41, 5.74) is 2.10. The second-order valence-electron chi connectivity index (χ2n) is 6.21. The zero-order valence-electron chi connectivity index (χ0n) is 17.3. The molecule has 0 aliphatic carbocycles. The van der Waals surface area contributed by atoms with Gasteiger partial charge in [-0.25, -0.2) is 14.7 Å². The van der Waals surface area contributed by atoms with Gasteiger partial charge < -0.3 is 20.1 Å². The molecular formula is C20H33IN6O2. The molecule has 0 spiro atoms. The van der Waals surface area contributed by atoms with Crippen LogP contribution in [0.25, 0.3) is 5.69 Å². The standard InChI is InChI=1S/C20H32N6O2.HI/c1-3-5-11-27-13-14-28-12-10-23-20(22-4-2)24-15-18-6-8-19(9-7-18)26-17-21-16-25-26;/h6-9,16-17H,3-5,10-15H2,1-2H3,(H2,22,23,24);1H. The SMILES string of the molecule is CCCCOCCOCCNC(=NCc1ccc(-n2cncn2)cc1)NCC.I. The Balaban J connectivity index is 0.00000420. The number of nitrogens with zero attached hydrogens (tertiary/aromatic N) is 4. The largest absolute Gasteiger partial charge is 0.379 e. The average molecular weight is 516 g/mol. The van der Waals surface area contributed by atoms with E-state index in [9.17, 15) is 0 Å². The van der Waals surface area contributed by atoms with Gasteiger partial charge in [0.05, 0.1) is 32.1 Å². The minimum atomic E-state index is 0. The highest BCUT2D eigenvalue weighted by molar-refractivity contribution is 14.0. The molecule has 0 radical (unpaired) electrons. The van der Waals surface area contributed by atoms with E-state index in [1.807, 2.05) is 31.2 Å². The lowest BCUT2D eigenvalue weighted by atomic mass is 10.2. The van der Waals surface area contributed by atoms with Crippen LogP contribution in [0.1, 0.15) is 32.3 Å². The highest BCUT2D eigenvalue weighted by Gasteiger charge is 2.00. The van der Waals surface area contributed by atoms with Gasteiger partial charge in [-0.05, 0) is 31.0 Å². The zero-order valence-corrected chi connectivity index (χ0v) is 19.7. The Labute approximate surface area is 190 Å². The Morgan fingerprint density at radius 1 is 1.03 bits per heavy atom. The fourth-order valence-electron chi connectivity index (χ4n) is 2.42. The van der Waals surface area contributed by atoms with E-state index in [4.69, 9.17) is 9.47 Å². The van der Waals surface area contributed by atoms with Crippen LogP contribution in [0, 0.1) is 0 Å². The summed E-state index contributed by atoms with van der Waals surface area (Å²) in [5.74, 6) is 0.783. The number of nitrogens with one attached hydrogen (secondary N) is 2. The van der Waals surface area contributed by atoms with Crippen LogP contribution in [0.4, 0.5) is 0 Å². The molecule has 9 heteroatoms. The first-order valence-electron chi connectivity index (χ1n) is 9.95. The normalized spacial score (nSPS) is 11.2. The van der Waals surface area contributed by atoms with Crippen LogP contribution in [0.3, 0.4) is 0 Å². The third kappa shape index (κ3) is 10.6. The molecule has 2 rings (SSSR count). The Bertz CT molecular complexity index is 664. The van der Waals surface area contributed by atoms with Crippen LogP contribution in [-0.2, 0) is 16.0 Å². The maximum atomic E-state index is 5.57. The predicted molar refractivity (Wildman–Crippen MR) is 126 cm³/mol. The molecule has 0 fully saturated rings. The number of rotatable bonds is 13. The van der Waals surface area contributed by atoms with Crippen molar-refractivity contribution in [2.24, 2.45) is 4.99 Å². The molecule has 0 aliphatic rings. The van der Waals surface area contributed by atoms with E-state index in [1.54, 1.807) is 11.0 Å². The molecular weight excluding hydrogens is 483 g/mol. The molecule has 0 bridgehead atoms. The first-order valence-corrected chi connectivity index (χ1v) is 9.95. The quantitative estimate of drug-likeness (QED) is 0.184. The van der Waals surface area contributed by atoms with Crippen LogP contribution in [0.2, 0.25) is 0 Å². The van der Waals surface area contributed by atoms with Crippen molar-refractivity contribution in [3.05, 3.63) is 42.5 Å². The lowest BCUT2D eigenvalue weighted by Crippen LogP contribution is -2.39. The molecule has 1 aromatic carbocycles. The van der Waals surface area contributed by atoms with Crippen molar-refractivity contribution < 1.29 is 9.47 Å². The molecule has 1 heterocycles. The first-order chi connectivity index (χ1) is 13.8. The molecule has 0 unspecified atom stereocenters. The topological polar surface area (TPSA) is 85.6 Å². The van der Waals surface area contributed by atoms with Gasteiger partial charge in [-0.3, -0.25) is 0 Å². The number of ether oxygens (including phenoxy) is 2. The van der Waals surface area contributed by atoms with Crippen LogP contribution in [-0.4, -0.2) is 60.2 Å². The van der Waals surface area contributed by atoms with Gasteiger partial charge in [0.1, 0.15) is 12.7 Å². The van der Waals surface area contributed by atoms with Gasteiger partial charge in [-0.2, -0.15) is 5.10 Å². The van der Waals surface area contributed by atoms with Gasteiger partial charge in [0, 0.05) is 19.7 Å². The lowest BCUT2D eigenvalue weighted by molar-refractivity contribution is 0.0487. The van der Waals surface area contributed by atoms with Gasteiger partial charge in [0.15, 0.2) is 5.96 Å². The minimum Gasteiger partial charge on any atom is -0.379 e. The Morgan fingerprint density at radius 3 is 2.45 bits per heavy atom. The molecule has 29 heavy (non-hydrogen) atoms. The third-order valence-electron chi connectivity index (χ3n) is 3.94. The molecule has 1 aromatic heterocycles. The number of halogens is 1. The monoisotopic (exact) mass is 516 g/mol. The van der Waals surface area contributed by atoms with Crippen LogP contribution >= 0.6 is 24.0 Å². The summed E-state index contributed by atoms with van der Waals surface area (Å²) in [4.78, 5) is 8.58. The molecule has 2 N–H and O–H groups in total. The van der Waals surface area contributed by atoms with Crippen molar-refractivity contribution in [1.29, 1.82) is 0 Å². The maximum absolute atomic E-state index is 5.57. The van der Waals surface area contributed by atoms with E-state index >= 15 is 0 Å². The van der Waals surface area contributed by atoms with E-state index in [2.05, 4.69) is 32.6 Å². The van der Waals surface area contributed by atoms with Crippen LogP contribution < -0.4 is 10.6 Å². The zero-order chi connectivity index (χ0) is 19.9. The van der Waals surface area contributed by atoms with E-state index in [0.717, 1.165) is 43.2 Å². The van der Waals surface area contributed by atoms with E-state index in [-0.39, 0.29) is 24.0 Å². The van der Waals surface area contributed by atoms with Crippen LogP contribution in [0.5, 0.6) is 0 Å². The summed E-state index contributed by atoms with van der Waals surface area (Å²) in [5, 5.41) is 10.7. The van der Waals surface area contributed by atoms with Crippen molar-refractivity contribution >= 4 is 29.9 Å². The molecule has 0 saturated carbocycles. The van der Waals surface area contributed by atoms with Gasteiger partial charge in [-0.15, -0.1) is 24.0 Å². The average Bonchev–Trinajstić information content (AvgIpc) is 3.26. The second kappa shape index (κ2) is 16.1. The number of guanidine groups is 1. The minimum absolute atomic E-state index is 0. The Hall–Kier alpha value is -1.72. The first kappa shape index (κ1) is 25.3. The van der Waals surface area contributed by atoms with Gasteiger partial charge >= 0.3 is 0 Å². The van der Waals surface area contributed by atoms with Gasteiger partial charge in [-0.1, -0.05) is 25.5 Å². The maximum Gasteiger partial charge on any atom is 0.191 e. The summed E-state index contributed by atoms with van der Waals surface area (Å²) < 4.78 is 12.8. The Morgan fingerprint density at radius 2 is 1.79 bits per heavy atom. The van der Waals surface area contributed by atoms with E-state index in [0.29, 0.717) is 32.9 Å². The van der Waals surface area contributed by atoms with E-state index < -0.39 is 0 Å². The molecule has 0 atom stereocenters. The second-order valence-corrected chi connectivity index (χ2v) is 6.21. The summed E-state index contributed by atoms with van der Waals surface area (Å²) in [6.07, 6.45) is 5.46. The fraction of sp³-hybridized carbons (Fsp3) is 0.550. The van der Waals surface area contributed by atoms with Gasteiger partial charge in [0.2, 0.25) is 0 Å². The summed E-state index contributed by atoms with van der Waals surface area (Å²) in [7, 11) is 0. The Kier molecular flexibility index (Phi) is 14.1. The highest BCUT2D eigenvalue weighted by atomic mass is 127.